The number of ether oxygens (including phenoxy) is 5. The number of halogens is 1. The summed E-state index contributed by atoms with van der Waals surface area (Å²) >= 11 is 7.75. The first-order valence-electron chi connectivity index (χ1n) is 14.4. The van der Waals surface area contributed by atoms with E-state index in [1.54, 1.807) is 43.3 Å². The van der Waals surface area contributed by atoms with Crippen LogP contribution < -0.4 is 33.8 Å². The Hall–Kier alpha value is -4.98. The number of thiazole rings is 1. The normalized spacial score (nSPS) is 14.2. The van der Waals surface area contributed by atoms with E-state index >= 15 is 0 Å². The topological polar surface area (TPSA) is 97.6 Å². The summed E-state index contributed by atoms with van der Waals surface area (Å²) in [4.78, 5) is 33.3. The number of nitrogens with zero attached hydrogens (tertiary/aromatic N) is 2. The fraction of sp³-hybridized carbons (Fsp3) is 0.229. The van der Waals surface area contributed by atoms with Gasteiger partial charge in [-0.05, 0) is 55.3 Å². The van der Waals surface area contributed by atoms with Crippen LogP contribution in [-0.4, -0.2) is 44.6 Å². The molecule has 0 unspecified atom stereocenters. The van der Waals surface area contributed by atoms with E-state index in [1.807, 2.05) is 37.3 Å². The molecule has 1 aliphatic rings. The Balaban J connectivity index is 1.79. The summed E-state index contributed by atoms with van der Waals surface area (Å²) in [5.41, 5.74) is 2.17. The van der Waals surface area contributed by atoms with E-state index in [9.17, 15) is 9.59 Å². The fourth-order valence-electron chi connectivity index (χ4n) is 5.12. The number of aromatic nitrogens is 1. The number of hydrogen-bond donors (Lipinski definition) is 0. The number of carbonyl (C=O) groups is 1. The first-order valence-corrected chi connectivity index (χ1v) is 15.6. The average molecular weight is 659 g/mol. The van der Waals surface area contributed by atoms with E-state index in [4.69, 9.17) is 46.7 Å². The molecule has 46 heavy (non-hydrogen) atoms. The number of terminal acetylenes is 1. The monoisotopic (exact) mass is 658 g/mol. The van der Waals surface area contributed by atoms with Gasteiger partial charge in [0.2, 0.25) is 0 Å². The third kappa shape index (κ3) is 6.38. The van der Waals surface area contributed by atoms with Gasteiger partial charge in [-0.25, -0.2) is 9.79 Å². The van der Waals surface area contributed by atoms with Crippen LogP contribution in [0, 0.1) is 12.3 Å². The number of rotatable bonds is 11. The summed E-state index contributed by atoms with van der Waals surface area (Å²) in [5, 5.41) is 0.277. The Labute approximate surface area is 274 Å². The van der Waals surface area contributed by atoms with Gasteiger partial charge in [0.25, 0.3) is 5.56 Å². The maximum atomic E-state index is 14.3. The predicted octanol–water partition coefficient (Wildman–Crippen LogP) is 5.02. The molecule has 0 radical (unpaired) electrons. The summed E-state index contributed by atoms with van der Waals surface area (Å²) in [6.45, 7) is 4.07. The second-order valence-corrected chi connectivity index (χ2v) is 11.2. The highest BCUT2D eigenvalue weighted by atomic mass is 35.5. The van der Waals surface area contributed by atoms with Gasteiger partial charge >= 0.3 is 5.97 Å². The second-order valence-electron chi connectivity index (χ2n) is 9.80. The lowest BCUT2D eigenvalue weighted by Gasteiger charge is -2.26. The van der Waals surface area contributed by atoms with Gasteiger partial charge in [-0.1, -0.05) is 65.3 Å². The zero-order valence-electron chi connectivity index (χ0n) is 25.7. The number of fused-ring (bicyclic) bond motifs is 1. The molecular weight excluding hydrogens is 628 g/mol. The Morgan fingerprint density at radius 3 is 2.46 bits per heavy atom. The molecule has 1 aromatic heterocycles. The second kappa shape index (κ2) is 14.4. The van der Waals surface area contributed by atoms with Crippen molar-refractivity contribution in [2.24, 2.45) is 4.99 Å². The summed E-state index contributed by atoms with van der Waals surface area (Å²) in [7, 11) is 3.06. The van der Waals surface area contributed by atoms with Crippen molar-refractivity contribution in [1.82, 2.24) is 4.57 Å². The SMILES string of the molecule is C#CCOc1c(Cl)cc(/C=c2\sc3n(c2=O)[C@@H](c2ccc(OC)c(OC)c2)C(C(=O)OCC)=C(c2ccccc2)N=3)cc1OCC. The fourth-order valence-corrected chi connectivity index (χ4v) is 6.39. The molecule has 0 saturated heterocycles. The van der Waals surface area contributed by atoms with Gasteiger partial charge in [-0.3, -0.25) is 9.36 Å². The predicted molar refractivity (Wildman–Crippen MR) is 178 cm³/mol. The van der Waals surface area contributed by atoms with Gasteiger partial charge in [0.15, 0.2) is 27.8 Å². The Kier molecular flexibility index (Phi) is 10.2. The van der Waals surface area contributed by atoms with Crippen LogP contribution >= 0.6 is 22.9 Å². The lowest BCUT2D eigenvalue weighted by atomic mass is 9.93. The minimum absolute atomic E-state index is 0.0143. The molecule has 1 aliphatic heterocycles. The van der Waals surface area contributed by atoms with Crippen molar-refractivity contribution >= 4 is 40.7 Å². The molecule has 0 fully saturated rings. The van der Waals surface area contributed by atoms with Gasteiger partial charge in [-0.15, -0.1) is 6.42 Å². The highest BCUT2D eigenvalue weighted by molar-refractivity contribution is 7.07. The van der Waals surface area contributed by atoms with Gasteiger partial charge in [0, 0.05) is 5.56 Å². The van der Waals surface area contributed by atoms with E-state index in [0.717, 1.165) is 0 Å². The van der Waals surface area contributed by atoms with E-state index in [-0.39, 0.29) is 29.4 Å². The van der Waals surface area contributed by atoms with Crippen LogP contribution in [0.1, 0.15) is 36.6 Å². The Morgan fingerprint density at radius 2 is 1.78 bits per heavy atom. The molecular formula is C35H31ClN2O7S. The zero-order valence-corrected chi connectivity index (χ0v) is 27.2. The summed E-state index contributed by atoms with van der Waals surface area (Å²) in [6.07, 6.45) is 7.07. The van der Waals surface area contributed by atoms with Gasteiger partial charge in [-0.2, -0.15) is 0 Å². The molecule has 0 amide bonds. The maximum Gasteiger partial charge on any atom is 0.338 e. The van der Waals surface area contributed by atoms with Crippen molar-refractivity contribution in [3.8, 4) is 35.3 Å². The van der Waals surface area contributed by atoms with Crippen LogP contribution in [0.15, 0.2) is 76.0 Å². The number of methoxy groups -OCH3 is 2. The van der Waals surface area contributed by atoms with Gasteiger partial charge in [0.05, 0.1) is 54.3 Å². The Bertz CT molecular complexity index is 2030. The molecule has 9 nitrogen and oxygen atoms in total. The minimum Gasteiger partial charge on any atom is -0.493 e. The van der Waals surface area contributed by atoms with Gasteiger partial charge < -0.3 is 23.7 Å². The molecule has 11 heteroatoms. The largest absolute Gasteiger partial charge is 0.493 e. The van der Waals surface area contributed by atoms with Crippen LogP contribution in [0.4, 0.5) is 0 Å². The molecule has 4 aromatic rings. The highest BCUT2D eigenvalue weighted by Crippen LogP contribution is 2.39. The maximum absolute atomic E-state index is 14.3. The molecule has 0 aliphatic carbocycles. The number of hydrogen-bond acceptors (Lipinski definition) is 9. The van der Waals surface area contributed by atoms with Crippen molar-refractivity contribution in [3.05, 3.63) is 108 Å². The average Bonchev–Trinajstić information content (AvgIpc) is 3.37. The summed E-state index contributed by atoms with van der Waals surface area (Å²) in [6, 6.07) is 17.1. The zero-order chi connectivity index (χ0) is 32.8. The van der Waals surface area contributed by atoms with Crippen LogP contribution in [0.25, 0.3) is 11.8 Å². The molecule has 0 spiro atoms. The minimum atomic E-state index is -0.894. The standard InChI is InChI=1S/C35H31ClN2O7S/c1-6-16-45-32-24(36)17-21(18-27(32)43-7-2)19-28-33(39)38-31(23-14-15-25(41-4)26(20-23)42-5)29(34(40)44-8-3)30(37-35(38)46-28)22-12-10-9-11-13-22/h1,9-15,17-20,31H,7-8,16H2,2-5H3/b28-19-/t31-/m0/s1. The molecule has 1 atom stereocenters. The van der Waals surface area contributed by atoms with Gasteiger partial charge in [0.1, 0.15) is 6.61 Å². The first-order chi connectivity index (χ1) is 22.3. The first kappa shape index (κ1) is 32.4. The smallest absolute Gasteiger partial charge is 0.338 e. The number of benzene rings is 3. The molecule has 5 rings (SSSR count). The molecule has 0 N–H and O–H groups in total. The molecule has 3 aromatic carbocycles. The highest BCUT2D eigenvalue weighted by Gasteiger charge is 2.35. The molecule has 0 saturated carbocycles. The molecule has 2 heterocycles. The molecule has 0 bridgehead atoms. The lowest BCUT2D eigenvalue weighted by Crippen LogP contribution is -2.40. The van der Waals surface area contributed by atoms with Crippen molar-refractivity contribution in [1.29, 1.82) is 0 Å². The quantitative estimate of drug-likeness (QED) is 0.165. The van der Waals surface area contributed by atoms with Crippen LogP contribution in [0.3, 0.4) is 0 Å². The number of carbonyl (C=O) groups excluding carboxylic acids is 1. The van der Waals surface area contributed by atoms with E-state index in [2.05, 4.69) is 5.92 Å². The van der Waals surface area contributed by atoms with Crippen molar-refractivity contribution in [3.63, 3.8) is 0 Å². The van der Waals surface area contributed by atoms with Crippen LogP contribution in [0.2, 0.25) is 5.02 Å². The Morgan fingerprint density at radius 1 is 1.02 bits per heavy atom. The van der Waals surface area contributed by atoms with E-state index < -0.39 is 12.0 Å². The van der Waals surface area contributed by atoms with E-state index in [1.165, 1.54) is 30.1 Å². The van der Waals surface area contributed by atoms with E-state index in [0.29, 0.717) is 61.3 Å². The van der Waals surface area contributed by atoms with Crippen LogP contribution in [-0.2, 0) is 9.53 Å². The third-order valence-electron chi connectivity index (χ3n) is 7.03. The lowest BCUT2D eigenvalue weighted by molar-refractivity contribution is -0.138. The summed E-state index contributed by atoms with van der Waals surface area (Å²) < 4.78 is 29.8. The van der Waals surface area contributed by atoms with Crippen molar-refractivity contribution in [2.75, 3.05) is 34.0 Å². The third-order valence-corrected chi connectivity index (χ3v) is 8.29. The van der Waals surface area contributed by atoms with Crippen molar-refractivity contribution < 1.29 is 28.5 Å². The van der Waals surface area contributed by atoms with Crippen molar-refractivity contribution in [2.45, 2.75) is 19.9 Å². The summed E-state index contributed by atoms with van der Waals surface area (Å²) in [5.74, 6) is 3.48. The number of esters is 1. The van der Waals surface area contributed by atoms with Crippen LogP contribution in [0.5, 0.6) is 23.0 Å². The molecule has 236 valence electrons.